The molecule has 0 atom stereocenters. The van der Waals surface area contributed by atoms with E-state index in [0.717, 1.165) is 23.0 Å². The molecule has 2 aromatic carbocycles. The van der Waals surface area contributed by atoms with Crippen LogP contribution in [0.1, 0.15) is 69.6 Å². The fraction of sp³-hybridized carbons (Fsp3) is 0.391. The van der Waals surface area contributed by atoms with Crippen molar-refractivity contribution in [3.05, 3.63) is 70.8 Å². The van der Waals surface area contributed by atoms with Gasteiger partial charge in [0.1, 0.15) is 0 Å². The van der Waals surface area contributed by atoms with Crippen molar-refractivity contribution in [1.82, 2.24) is 0 Å². The maximum absolute atomic E-state index is 3.27. The Bertz CT molecular complexity index is 663. The van der Waals surface area contributed by atoms with Gasteiger partial charge in [0.05, 0.1) is 0 Å². The van der Waals surface area contributed by atoms with Crippen molar-refractivity contribution >= 4 is 0 Å². The molecule has 1 saturated carbocycles. The zero-order chi connectivity index (χ0) is 15.4. The summed E-state index contributed by atoms with van der Waals surface area (Å²) in [6.07, 6.45) is 5.43. The van der Waals surface area contributed by atoms with Crippen molar-refractivity contribution in [1.29, 1.82) is 0 Å². The standard InChI is InChI=1S/C22H24.CH4.H2/c1-17-3-7-19(8-4-17)9-10-20-11-15-22(16-12-20)21-13-5-18(2)6-14-21;;/h3-4,7-8,11-12,15-16,18,21H,5-6,13-14H2,1-2H3;1H4;1H. The third-order valence-electron chi connectivity index (χ3n) is 4.80. The molecule has 0 heteroatoms. The number of benzene rings is 2. The third kappa shape index (κ3) is 4.73. The molecular weight excluding hydrogens is 276 g/mol. The van der Waals surface area contributed by atoms with Crippen LogP contribution in [-0.4, -0.2) is 0 Å². The Hall–Kier alpha value is -2.00. The van der Waals surface area contributed by atoms with E-state index >= 15 is 0 Å². The molecule has 23 heavy (non-hydrogen) atoms. The summed E-state index contributed by atoms with van der Waals surface area (Å²) < 4.78 is 0. The van der Waals surface area contributed by atoms with Crippen LogP contribution in [-0.2, 0) is 0 Å². The van der Waals surface area contributed by atoms with E-state index in [2.05, 4.69) is 74.2 Å². The van der Waals surface area contributed by atoms with Crippen molar-refractivity contribution in [2.24, 2.45) is 5.92 Å². The summed E-state index contributed by atoms with van der Waals surface area (Å²) in [6.45, 7) is 4.47. The molecule has 0 N–H and O–H groups in total. The molecule has 0 radical (unpaired) electrons. The van der Waals surface area contributed by atoms with Crippen molar-refractivity contribution < 1.29 is 1.43 Å². The molecule has 3 rings (SSSR count). The first-order valence-corrected chi connectivity index (χ1v) is 8.39. The lowest BCUT2D eigenvalue weighted by Gasteiger charge is -2.26. The molecule has 0 heterocycles. The molecule has 0 bridgehead atoms. The van der Waals surface area contributed by atoms with Gasteiger partial charge in [-0.05, 0) is 61.4 Å². The van der Waals surface area contributed by atoms with E-state index in [1.54, 1.807) is 0 Å². The van der Waals surface area contributed by atoms with Crippen molar-refractivity contribution in [3.63, 3.8) is 0 Å². The quantitative estimate of drug-likeness (QED) is 0.523. The molecule has 122 valence electrons. The zero-order valence-electron chi connectivity index (χ0n) is 13.6. The van der Waals surface area contributed by atoms with Gasteiger partial charge in [-0.15, -0.1) is 0 Å². The second kappa shape index (κ2) is 8.02. The van der Waals surface area contributed by atoms with Gasteiger partial charge in [0.15, 0.2) is 0 Å². The molecule has 2 aromatic rings. The Morgan fingerprint density at radius 3 is 1.78 bits per heavy atom. The molecular formula is C23H30. The smallest absolute Gasteiger partial charge is 0.0249 e. The maximum Gasteiger partial charge on any atom is 0.0249 e. The van der Waals surface area contributed by atoms with Crippen LogP contribution in [0.3, 0.4) is 0 Å². The second-order valence-corrected chi connectivity index (χ2v) is 6.69. The number of hydrogen-bond acceptors (Lipinski definition) is 0. The molecule has 0 saturated heterocycles. The van der Waals surface area contributed by atoms with Crippen LogP contribution in [0.2, 0.25) is 0 Å². The summed E-state index contributed by atoms with van der Waals surface area (Å²) in [7, 11) is 0. The van der Waals surface area contributed by atoms with Crippen LogP contribution in [0.5, 0.6) is 0 Å². The largest absolute Gasteiger partial charge is 0.0776 e. The van der Waals surface area contributed by atoms with Gasteiger partial charge in [0, 0.05) is 12.6 Å². The maximum atomic E-state index is 3.27. The zero-order valence-corrected chi connectivity index (χ0v) is 13.6. The lowest BCUT2D eigenvalue weighted by Crippen LogP contribution is -2.10. The van der Waals surface area contributed by atoms with Crippen molar-refractivity contribution in [3.8, 4) is 11.8 Å². The fourth-order valence-electron chi connectivity index (χ4n) is 3.21. The first-order valence-electron chi connectivity index (χ1n) is 8.39. The highest BCUT2D eigenvalue weighted by Gasteiger charge is 2.19. The van der Waals surface area contributed by atoms with Crippen LogP contribution >= 0.6 is 0 Å². The van der Waals surface area contributed by atoms with E-state index in [1.165, 1.54) is 36.8 Å². The van der Waals surface area contributed by atoms with Gasteiger partial charge in [0.2, 0.25) is 0 Å². The SMILES string of the molecule is C.Cc1ccc(C#Cc2ccc(C3CCC(C)CC3)cc2)cc1.[HH]. The molecule has 1 fully saturated rings. The van der Waals surface area contributed by atoms with Gasteiger partial charge < -0.3 is 0 Å². The van der Waals surface area contributed by atoms with Crippen LogP contribution in [0.15, 0.2) is 48.5 Å². The average Bonchev–Trinajstić information content (AvgIpc) is 2.56. The van der Waals surface area contributed by atoms with Crippen LogP contribution in [0.25, 0.3) is 0 Å². The molecule has 0 unspecified atom stereocenters. The second-order valence-electron chi connectivity index (χ2n) is 6.69. The summed E-state index contributed by atoms with van der Waals surface area (Å²) in [6, 6.07) is 17.3. The topological polar surface area (TPSA) is 0 Å². The minimum absolute atomic E-state index is 0. The minimum Gasteiger partial charge on any atom is -0.0776 e. The molecule has 0 amide bonds. The normalized spacial score (nSPS) is 20.1. The highest BCUT2D eigenvalue weighted by atomic mass is 14.2. The summed E-state index contributed by atoms with van der Waals surface area (Å²) in [5.74, 6) is 8.18. The Labute approximate surface area is 143 Å². The first kappa shape index (κ1) is 17.4. The summed E-state index contributed by atoms with van der Waals surface area (Å²) in [5.41, 5.74) is 4.95. The van der Waals surface area contributed by atoms with E-state index in [-0.39, 0.29) is 8.85 Å². The van der Waals surface area contributed by atoms with E-state index in [9.17, 15) is 0 Å². The van der Waals surface area contributed by atoms with Crippen LogP contribution in [0, 0.1) is 24.7 Å². The van der Waals surface area contributed by atoms with E-state index < -0.39 is 0 Å². The van der Waals surface area contributed by atoms with Crippen molar-refractivity contribution in [2.45, 2.75) is 52.9 Å². The van der Waals surface area contributed by atoms with Gasteiger partial charge >= 0.3 is 0 Å². The number of rotatable bonds is 1. The molecule has 0 aromatic heterocycles. The Morgan fingerprint density at radius 1 is 0.783 bits per heavy atom. The van der Waals surface area contributed by atoms with Gasteiger partial charge in [-0.2, -0.15) is 0 Å². The number of aryl methyl sites for hydroxylation is 1. The molecule has 1 aliphatic carbocycles. The average molecular weight is 306 g/mol. The molecule has 0 aliphatic heterocycles. The van der Waals surface area contributed by atoms with E-state index in [4.69, 9.17) is 0 Å². The van der Waals surface area contributed by atoms with Gasteiger partial charge in [-0.3, -0.25) is 0 Å². The monoisotopic (exact) mass is 306 g/mol. The highest BCUT2D eigenvalue weighted by Crippen LogP contribution is 2.35. The Balaban J connectivity index is 0.00000144. The van der Waals surface area contributed by atoms with Crippen LogP contribution in [0.4, 0.5) is 0 Å². The first-order chi connectivity index (χ1) is 10.7. The van der Waals surface area contributed by atoms with Gasteiger partial charge in [-0.25, -0.2) is 0 Å². The summed E-state index contributed by atoms with van der Waals surface area (Å²) >= 11 is 0. The molecule has 1 aliphatic rings. The van der Waals surface area contributed by atoms with Gasteiger partial charge in [-0.1, -0.05) is 68.9 Å². The van der Waals surface area contributed by atoms with E-state index in [1.807, 2.05) is 0 Å². The Kier molecular flexibility index (Phi) is 6.05. The number of hydrogen-bond donors (Lipinski definition) is 0. The third-order valence-corrected chi connectivity index (χ3v) is 4.80. The van der Waals surface area contributed by atoms with Crippen LogP contribution < -0.4 is 0 Å². The predicted molar refractivity (Wildman–Crippen MR) is 103 cm³/mol. The Morgan fingerprint density at radius 2 is 1.26 bits per heavy atom. The van der Waals surface area contributed by atoms with Crippen molar-refractivity contribution in [2.75, 3.05) is 0 Å². The highest BCUT2D eigenvalue weighted by molar-refractivity contribution is 5.44. The molecule has 0 spiro atoms. The lowest BCUT2D eigenvalue weighted by molar-refractivity contribution is 0.348. The molecule has 0 nitrogen and oxygen atoms in total. The van der Waals surface area contributed by atoms with E-state index in [0.29, 0.717) is 0 Å². The summed E-state index contributed by atoms with van der Waals surface area (Å²) in [5, 5.41) is 0. The summed E-state index contributed by atoms with van der Waals surface area (Å²) in [4.78, 5) is 0. The predicted octanol–water partition coefficient (Wildman–Crippen LogP) is 6.57. The van der Waals surface area contributed by atoms with Gasteiger partial charge in [0.25, 0.3) is 0 Å². The fourth-order valence-corrected chi connectivity index (χ4v) is 3.21. The lowest BCUT2D eigenvalue weighted by atomic mass is 9.79. The minimum atomic E-state index is 0.